The van der Waals surface area contributed by atoms with Gasteiger partial charge in [0.2, 0.25) is 0 Å². The first kappa shape index (κ1) is 12.2. The summed E-state index contributed by atoms with van der Waals surface area (Å²) in [5.74, 6) is 1.34. The lowest BCUT2D eigenvalue weighted by molar-refractivity contribution is 0.281. The Morgan fingerprint density at radius 2 is 1.82 bits per heavy atom. The molecule has 0 aliphatic carbocycles. The number of anilines is 1. The van der Waals surface area contributed by atoms with E-state index < -0.39 is 0 Å². The number of hydrogen-bond donors (Lipinski definition) is 2. The van der Waals surface area contributed by atoms with Crippen LogP contribution in [-0.4, -0.2) is 5.11 Å². The van der Waals surface area contributed by atoms with Crippen molar-refractivity contribution in [2.45, 2.75) is 6.61 Å². The second kappa shape index (κ2) is 5.37. The molecule has 0 fully saturated rings. The van der Waals surface area contributed by atoms with Crippen LogP contribution in [0, 0.1) is 3.57 Å². The molecule has 0 atom stereocenters. The van der Waals surface area contributed by atoms with E-state index in [1.165, 1.54) is 0 Å². The molecule has 0 radical (unpaired) electrons. The van der Waals surface area contributed by atoms with Crippen LogP contribution in [0.3, 0.4) is 0 Å². The molecule has 4 heteroatoms. The van der Waals surface area contributed by atoms with Crippen LogP contribution in [-0.2, 0) is 6.61 Å². The summed E-state index contributed by atoms with van der Waals surface area (Å²) >= 11 is 2.20. The first-order valence-corrected chi connectivity index (χ1v) is 6.19. The van der Waals surface area contributed by atoms with Gasteiger partial charge in [-0.25, -0.2) is 0 Å². The number of ether oxygens (including phenoxy) is 1. The standard InChI is InChI=1S/C13H12INO2/c14-10-3-6-13(12(15)7-10)17-11-4-1-9(8-16)2-5-11/h1-7,16H,8,15H2. The SMILES string of the molecule is Nc1cc(I)ccc1Oc1ccc(CO)cc1. The van der Waals surface area contributed by atoms with E-state index in [0.717, 1.165) is 9.13 Å². The van der Waals surface area contributed by atoms with Gasteiger partial charge in [0, 0.05) is 3.57 Å². The third-order valence-corrected chi connectivity index (χ3v) is 2.98. The summed E-state index contributed by atoms with van der Waals surface area (Å²) in [7, 11) is 0. The molecule has 0 spiro atoms. The van der Waals surface area contributed by atoms with E-state index in [0.29, 0.717) is 17.2 Å². The number of nitrogens with two attached hydrogens (primary N) is 1. The zero-order chi connectivity index (χ0) is 12.3. The van der Waals surface area contributed by atoms with Crippen LogP contribution in [0.25, 0.3) is 0 Å². The number of aliphatic hydroxyl groups excluding tert-OH is 1. The van der Waals surface area contributed by atoms with E-state index in [4.69, 9.17) is 15.6 Å². The minimum Gasteiger partial charge on any atom is -0.455 e. The predicted octanol–water partition coefficient (Wildman–Crippen LogP) is 3.16. The lowest BCUT2D eigenvalue weighted by Crippen LogP contribution is -1.93. The number of halogens is 1. The molecule has 0 bridgehead atoms. The van der Waals surface area contributed by atoms with Gasteiger partial charge in [0.15, 0.2) is 0 Å². The van der Waals surface area contributed by atoms with Gasteiger partial charge in [-0.3, -0.25) is 0 Å². The zero-order valence-corrected chi connectivity index (χ0v) is 11.2. The molecule has 0 aliphatic rings. The molecule has 3 nitrogen and oxygen atoms in total. The molecule has 0 saturated carbocycles. The van der Waals surface area contributed by atoms with Gasteiger partial charge in [-0.1, -0.05) is 12.1 Å². The fourth-order valence-corrected chi connectivity index (χ4v) is 1.92. The van der Waals surface area contributed by atoms with Gasteiger partial charge in [0.25, 0.3) is 0 Å². The molecule has 88 valence electrons. The zero-order valence-electron chi connectivity index (χ0n) is 9.06. The van der Waals surface area contributed by atoms with E-state index in [1.54, 1.807) is 0 Å². The van der Waals surface area contributed by atoms with Crippen molar-refractivity contribution in [3.63, 3.8) is 0 Å². The van der Waals surface area contributed by atoms with Crippen molar-refractivity contribution in [2.75, 3.05) is 5.73 Å². The van der Waals surface area contributed by atoms with Crippen molar-refractivity contribution >= 4 is 28.3 Å². The molecule has 3 N–H and O–H groups in total. The first-order chi connectivity index (χ1) is 8.19. The molecule has 0 unspecified atom stereocenters. The van der Waals surface area contributed by atoms with Crippen molar-refractivity contribution in [2.24, 2.45) is 0 Å². The third-order valence-electron chi connectivity index (χ3n) is 2.31. The highest BCUT2D eigenvalue weighted by Gasteiger charge is 2.02. The minimum absolute atomic E-state index is 0.0337. The first-order valence-electron chi connectivity index (χ1n) is 5.12. The maximum atomic E-state index is 8.93. The second-order valence-corrected chi connectivity index (χ2v) is 4.83. The Hall–Kier alpha value is -1.27. The van der Waals surface area contributed by atoms with Crippen LogP contribution >= 0.6 is 22.6 Å². The third kappa shape index (κ3) is 3.10. The summed E-state index contributed by atoms with van der Waals surface area (Å²) in [6.45, 7) is 0.0337. The average molecular weight is 341 g/mol. The number of benzene rings is 2. The van der Waals surface area contributed by atoms with Crippen molar-refractivity contribution in [1.29, 1.82) is 0 Å². The monoisotopic (exact) mass is 341 g/mol. The van der Waals surface area contributed by atoms with E-state index in [-0.39, 0.29) is 6.61 Å². The Morgan fingerprint density at radius 1 is 1.12 bits per heavy atom. The van der Waals surface area contributed by atoms with Gasteiger partial charge in [-0.2, -0.15) is 0 Å². The van der Waals surface area contributed by atoms with E-state index >= 15 is 0 Å². The molecule has 2 aromatic carbocycles. The second-order valence-electron chi connectivity index (χ2n) is 3.59. The lowest BCUT2D eigenvalue weighted by atomic mass is 10.2. The fraction of sp³-hybridized carbons (Fsp3) is 0.0769. The normalized spacial score (nSPS) is 10.2. The Kier molecular flexibility index (Phi) is 3.86. The van der Waals surface area contributed by atoms with Crippen molar-refractivity contribution in [3.05, 3.63) is 51.6 Å². The molecule has 2 aromatic rings. The van der Waals surface area contributed by atoms with Gasteiger partial charge >= 0.3 is 0 Å². The Bertz CT molecular complexity index is 511. The maximum Gasteiger partial charge on any atom is 0.150 e. The van der Waals surface area contributed by atoms with Gasteiger partial charge in [0.05, 0.1) is 12.3 Å². The summed E-state index contributed by atoms with van der Waals surface area (Å²) in [5, 5.41) is 8.93. The molecule has 0 saturated heterocycles. The van der Waals surface area contributed by atoms with Gasteiger partial charge in [-0.05, 0) is 58.5 Å². The van der Waals surface area contributed by atoms with Crippen LogP contribution < -0.4 is 10.5 Å². The highest BCUT2D eigenvalue weighted by atomic mass is 127. The van der Waals surface area contributed by atoms with Crippen LogP contribution in [0.1, 0.15) is 5.56 Å². The highest BCUT2D eigenvalue weighted by Crippen LogP contribution is 2.28. The predicted molar refractivity (Wildman–Crippen MR) is 76.0 cm³/mol. The van der Waals surface area contributed by atoms with E-state index in [2.05, 4.69) is 22.6 Å². The quantitative estimate of drug-likeness (QED) is 0.666. The average Bonchev–Trinajstić information content (AvgIpc) is 2.34. The molecular weight excluding hydrogens is 329 g/mol. The van der Waals surface area contributed by atoms with E-state index in [9.17, 15) is 0 Å². The van der Waals surface area contributed by atoms with Gasteiger partial charge < -0.3 is 15.6 Å². The Morgan fingerprint density at radius 3 is 2.41 bits per heavy atom. The summed E-state index contributed by atoms with van der Waals surface area (Å²) in [6.07, 6.45) is 0. The molecule has 2 rings (SSSR count). The number of nitrogen functional groups attached to an aromatic ring is 1. The molecule has 0 heterocycles. The largest absolute Gasteiger partial charge is 0.455 e. The molecule has 0 aromatic heterocycles. The van der Waals surface area contributed by atoms with Crippen LogP contribution in [0.2, 0.25) is 0 Å². The van der Waals surface area contributed by atoms with Crippen LogP contribution in [0.15, 0.2) is 42.5 Å². The lowest BCUT2D eigenvalue weighted by Gasteiger charge is -2.09. The van der Waals surface area contributed by atoms with Crippen molar-refractivity contribution in [3.8, 4) is 11.5 Å². The van der Waals surface area contributed by atoms with E-state index in [1.807, 2.05) is 42.5 Å². The van der Waals surface area contributed by atoms with Crippen molar-refractivity contribution < 1.29 is 9.84 Å². The molecule has 17 heavy (non-hydrogen) atoms. The summed E-state index contributed by atoms with van der Waals surface area (Å²) < 4.78 is 6.73. The Balaban J connectivity index is 2.19. The highest BCUT2D eigenvalue weighted by molar-refractivity contribution is 14.1. The number of rotatable bonds is 3. The topological polar surface area (TPSA) is 55.5 Å². The fourth-order valence-electron chi connectivity index (χ4n) is 1.40. The maximum absolute atomic E-state index is 8.93. The molecule has 0 aliphatic heterocycles. The smallest absolute Gasteiger partial charge is 0.150 e. The minimum atomic E-state index is 0.0337. The summed E-state index contributed by atoms with van der Waals surface area (Å²) in [6, 6.07) is 12.9. The number of hydrogen-bond acceptors (Lipinski definition) is 3. The van der Waals surface area contributed by atoms with Crippen LogP contribution in [0.4, 0.5) is 5.69 Å². The van der Waals surface area contributed by atoms with Crippen LogP contribution in [0.5, 0.6) is 11.5 Å². The van der Waals surface area contributed by atoms with Gasteiger partial charge in [0.1, 0.15) is 11.5 Å². The van der Waals surface area contributed by atoms with Crippen molar-refractivity contribution in [1.82, 2.24) is 0 Å². The summed E-state index contributed by atoms with van der Waals surface area (Å²) in [5.41, 5.74) is 7.32. The molecule has 0 amide bonds. The summed E-state index contributed by atoms with van der Waals surface area (Å²) in [4.78, 5) is 0. The van der Waals surface area contributed by atoms with Gasteiger partial charge in [-0.15, -0.1) is 0 Å². The molecular formula is C13H12INO2. The number of aliphatic hydroxyl groups is 1. The Labute approximate surface area is 113 Å².